The molecule has 2 nitrogen and oxygen atoms in total. The molecule has 132 valence electrons. The van der Waals surface area contributed by atoms with Crippen LogP contribution in [0.1, 0.15) is 30.0 Å². The van der Waals surface area contributed by atoms with Crippen LogP contribution in [-0.4, -0.2) is 31.1 Å². The zero-order chi connectivity index (χ0) is 15.0. The predicted molar refractivity (Wildman–Crippen MR) is 93.5 cm³/mol. The van der Waals surface area contributed by atoms with Gasteiger partial charge in [0.25, 0.3) is 0 Å². The lowest BCUT2D eigenvalue weighted by Gasteiger charge is -2.36. The number of benzene rings is 1. The Kier molecular flexibility index (Phi) is 7.67. The van der Waals surface area contributed by atoms with Crippen molar-refractivity contribution in [2.75, 3.05) is 26.2 Å². The van der Waals surface area contributed by atoms with Crippen molar-refractivity contribution in [3.05, 3.63) is 33.8 Å². The number of rotatable bonds is 3. The third-order valence-electron chi connectivity index (χ3n) is 4.26. The van der Waals surface area contributed by atoms with Crippen LogP contribution in [0.4, 0.5) is 13.2 Å². The van der Waals surface area contributed by atoms with E-state index in [-0.39, 0.29) is 30.9 Å². The fourth-order valence-corrected chi connectivity index (χ4v) is 3.55. The van der Waals surface area contributed by atoms with E-state index in [0.717, 1.165) is 55.1 Å². The standard InChI is InChI=1S/C15H18BrF3N2.2ClH/c16-13-4-3-11(15(17,18)19)9-12(13)14(10-1-2-10)21-7-5-20-6-8-21;;/h3-4,9-10,14,20H,1-2,5-8H2;2*1H/t14-;;/m1../s1. The van der Waals surface area contributed by atoms with E-state index in [2.05, 4.69) is 26.1 Å². The number of nitrogens with one attached hydrogen (secondary N) is 1. The van der Waals surface area contributed by atoms with E-state index in [9.17, 15) is 13.2 Å². The normalized spacial score (nSPS) is 20.3. The zero-order valence-electron chi connectivity index (χ0n) is 12.4. The number of nitrogens with zero attached hydrogens (tertiary/aromatic N) is 1. The number of piperazine rings is 1. The summed E-state index contributed by atoms with van der Waals surface area (Å²) in [5.41, 5.74) is 0.232. The maximum absolute atomic E-state index is 13.0. The fraction of sp³-hybridized carbons (Fsp3) is 0.600. The number of hydrogen-bond acceptors (Lipinski definition) is 2. The Bertz CT molecular complexity index is 518. The highest BCUT2D eigenvalue weighted by Gasteiger charge is 2.39. The maximum Gasteiger partial charge on any atom is 0.416 e. The van der Waals surface area contributed by atoms with E-state index in [1.54, 1.807) is 0 Å². The van der Waals surface area contributed by atoms with Gasteiger partial charge in [-0.1, -0.05) is 15.9 Å². The van der Waals surface area contributed by atoms with Crippen LogP contribution in [0, 0.1) is 5.92 Å². The van der Waals surface area contributed by atoms with Gasteiger partial charge in [0.15, 0.2) is 0 Å². The molecule has 8 heteroatoms. The first-order chi connectivity index (χ1) is 9.97. The largest absolute Gasteiger partial charge is 0.416 e. The average molecular weight is 436 g/mol. The van der Waals surface area contributed by atoms with Crippen LogP contribution < -0.4 is 5.32 Å². The van der Waals surface area contributed by atoms with Gasteiger partial charge in [-0.2, -0.15) is 13.2 Å². The minimum atomic E-state index is -4.28. The summed E-state index contributed by atoms with van der Waals surface area (Å²) in [4.78, 5) is 2.33. The summed E-state index contributed by atoms with van der Waals surface area (Å²) >= 11 is 3.45. The van der Waals surface area contributed by atoms with Gasteiger partial charge in [0, 0.05) is 36.7 Å². The van der Waals surface area contributed by atoms with Crippen LogP contribution in [-0.2, 0) is 6.18 Å². The van der Waals surface area contributed by atoms with Crippen molar-refractivity contribution in [2.24, 2.45) is 5.92 Å². The van der Waals surface area contributed by atoms with Gasteiger partial charge in [-0.25, -0.2) is 0 Å². The lowest BCUT2D eigenvalue weighted by atomic mass is 9.97. The fourth-order valence-electron chi connectivity index (χ4n) is 3.07. The van der Waals surface area contributed by atoms with Gasteiger partial charge in [-0.05, 0) is 42.5 Å². The Morgan fingerprint density at radius 2 is 1.74 bits per heavy atom. The molecule has 0 aromatic heterocycles. The van der Waals surface area contributed by atoms with Crippen LogP contribution >= 0.6 is 40.7 Å². The molecule has 0 radical (unpaired) electrons. The Balaban J connectivity index is 0.00000132. The van der Waals surface area contributed by atoms with E-state index in [0.29, 0.717) is 5.92 Å². The Morgan fingerprint density at radius 1 is 1.13 bits per heavy atom. The molecule has 0 unspecified atom stereocenters. The Morgan fingerprint density at radius 3 is 2.26 bits per heavy atom. The molecule has 2 fully saturated rings. The molecule has 1 heterocycles. The molecule has 1 saturated heterocycles. The van der Waals surface area contributed by atoms with Crippen LogP contribution in [0.25, 0.3) is 0 Å². The van der Waals surface area contributed by atoms with Crippen LogP contribution in [0.3, 0.4) is 0 Å². The van der Waals surface area contributed by atoms with Crippen molar-refractivity contribution in [3.8, 4) is 0 Å². The van der Waals surface area contributed by atoms with E-state index in [1.807, 2.05) is 0 Å². The van der Waals surface area contributed by atoms with E-state index in [1.165, 1.54) is 12.1 Å². The third-order valence-corrected chi connectivity index (χ3v) is 4.98. The summed E-state index contributed by atoms with van der Waals surface area (Å²) < 4.78 is 39.7. The molecule has 3 rings (SSSR count). The lowest BCUT2D eigenvalue weighted by Crippen LogP contribution is -2.45. The quantitative estimate of drug-likeness (QED) is 0.742. The van der Waals surface area contributed by atoms with Gasteiger partial charge in [0.2, 0.25) is 0 Å². The molecule has 23 heavy (non-hydrogen) atoms. The molecule has 1 N–H and O–H groups in total. The lowest BCUT2D eigenvalue weighted by molar-refractivity contribution is -0.137. The molecular weight excluding hydrogens is 416 g/mol. The molecule has 2 aliphatic rings. The van der Waals surface area contributed by atoms with Crippen molar-refractivity contribution in [1.29, 1.82) is 0 Å². The summed E-state index contributed by atoms with van der Waals surface area (Å²) in [6.07, 6.45) is -2.07. The highest BCUT2D eigenvalue weighted by atomic mass is 79.9. The molecule has 1 aliphatic carbocycles. The predicted octanol–water partition coefficient (Wildman–Crippen LogP) is 4.67. The first-order valence-electron chi connectivity index (χ1n) is 7.28. The molecule has 0 bridgehead atoms. The molecule has 1 atom stereocenters. The minimum absolute atomic E-state index is 0. The van der Waals surface area contributed by atoms with E-state index < -0.39 is 11.7 Å². The summed E-state index contributed by atoms with van der Waals surface area (Å²) in [6, 6.07) is 4.11. The maximum atomic E-state index is 13.0. The van der Waals surface area contributed by atoms with Gasteiger partial charge in [-0.15, -0.1) is 24.8 Å². The summed E-state index contributed by atoms with van der Waals surface area (Å²) in [7, 11) is 0. The smallest absolute Gasteiger partial charge is 0.314 e. The minimum Gasteiger partial charge on any atom is -0.314 e. The van der Waals surface area contributed by atoms with Gasteiger partial charge < -0.3 is 5.32 Å². The van der Waals surface area contributed by atoms with Crippen LogP contribution in [0.15, 0.2) is 22.7 Å². The molecule has 1 aliphatic heterocycles. The highest BCUT2D eigenvalue weighted by Crippen LogP contribution is 2.47. The topological polar surface area (TPSA) is 15.3 Å². The van der Waals surface area contributed by atoms with E-state index in [4.69, 9.17) is 0 Å². The second kappa shape index (κ2) is 8.39. The zero-order valence-corrected chi connectivity index (χ0v) is 15.6. The van der Waals surface area contributed by atoms with Crippen molar-refractivity contribution in [2.45, 2.75) is 25.1 Å². The van der Waals surface area contributed by atoms with Gasteiger partial charge >= 0.3 is 6.18 Å². The van der Waals surface area contributed by atoms with Crippen molar-refractivity contribution >= 4 is 40.7 Å². The van der Waals surface area contributed by atoms with E-state index >= 15 is 0 Å². The summed E-state index contributed by atoms with van der Waals surface area (Å²) in [5, 5.41) is 3.30. The van der Waals surface area contributed by atoms with Crippen molar-refractivity contribution in [1.82, 2.24) is 10.2 Å². The first-order valence-corrected chi connectivity index (χ1v) is 8.07. The summed E-state index contributed by atoms with van der Waals surface area (Å²) in [5.74, 6) is 0.489. The van der Waals surface area contributed by atoms with Crippen LogP contribution in [0.5, 0.6) is 0 Å². The highest BCUT2D eigenvalue weighted by molar-refractivity contribution is 9.10. The molecule has 0 spiro atoms. The number of halogens is 6. The van der Waals surface area contributed by atoms with Gasteiger partial charge in [0.1, 0.15) is 0 Å². The van der Waals surface area contributed by atoms with Gasteiger partial charge in [0.05, 0.1) is 5.56 Å². The monoisotopic (exact) mass is 434 g/mol. The Labute approximate surface area is 155 Å². The van der Waals surface area contributed by atoms with Crippen molar-refractivity contribution in [3.63, 3.8) is 0 Å². The Hall–Kier alpha value is -0.0100. The molecular formula is C15H20BrCl2F3N2. The third kappa shape index (κ3) is 4.98. The van der Waals surface area contributed by atoms with Crippen LogP contribution in [0.2, 0.25) is 0 Å². The molecule has 1 aromatic carbocycles. The second-order valence-electron chi connectivity index (χ2n) is 5.80. The van der Waals surface area contributed by atoms with Gasteiger partial charge in [-0.3, -0.25) is 4.90 Å². The molecule has 0 amide bonds. The number of hydrogen-bond donors (Lipinski definition) is 1. The molecule has 1 aromatic rings. The van der Waals surface area contributed by atoms with Crippen molar-refractivity contribution < 1.29 is 13.2 Å². The SMILES string of the molecule is Cl.Cl.FC(F)(F)c1ccc(Br)c([C@@H](C2CC2)N2CCNCC2)c1. The number of alkyl halides is 3. The first kappa shape index (κ1) is 21.0. The summed E-state index contributed by atoms with van der Waals surface area (Å²) in [6.45, 7) is 3.59. The average Bonchev–Trinajstić information content (AvgIpc) is 3.26. The molecule has 1 saturated carbocycles. The second-order valence-corrected chi connectivity index (χ2v) is 6.66.